The maximum Gasteiger partial charge on any atom is 0.234 e. The van der Waals surface area contributed by atoms with Crippen molar-refractivity contribution in [3.63, 3.8) is 0 Å². The number of fused-ring (bicyclic) bond motifs is 1. The summed E-state index contributed by atoms with van der Waals surface area (Å²) in [5.74, 6) is 0.338. The quantitative estimate of drug-likeness (QED) is 0.734. The lowest BCUT2D eigenvalue weighted by Gasteiger charge is -2.08. The van der Waals surface area contributed by atoms with Crippen molar-refractivity contribution in [1.82, 2.24) is 8.75 Å². The van der Waals surface area contributed by atoms with Gasteiger partial charge >= 0.3 is 0 Å². The first-order chi connectivity index (χ1) is 10.6. The Kier molecular flexibility index (Phi) is 4.40. The minimum atomic E-state index is -0.0357. The van der Waals surface area contributed by atoms with Gasteiger partial charge in [-0.25, -0.2) is 0 Å². The third-order valence-corrected chi connectivity index (χ3v) is 4.96. The van der Waals surface area contributed by atoms with Gasteiger partial charge in [0, 0.05) is 4.90 Å². The van der Waals surface area contributed by atoms with E-state index in [1.165, 1.54) is 11.1 Å². The molecule has 112 valence electrons. The number of carbonyl (C=O) groups is 1. The molecule has 0 aliphatic rings. The normalized spacial score (nSPS) is 10.8. The number of aryl methyl sites for hydroxylation is 2. The number of aromatic nitrogens is 2. The Labute approximate surface area is 137 Å². The number of carbonyl (C=O) groups excluding carboxylic acids is 1. The Balaban J connectivity index is 1.68. The lowest BCUT2D eigenvalue weighted by molar-refractivity contribution is -0.113. The Morgan fingerprint density at radius 3 is 2.95 bits per heavy atom. The summed E-state index contributed by atoms with van der Waals surface area (Å²) in [4.78, 5) is 13.3. The number of amides is 1. The van der Waals surface area contributed by atoms with E-state index in [0.717, 1.165) is 33.3 Å². The summed E-state index contributed by atoms with van der Waals surface area (Å²) in [6.45, 7) is 4.11. The first-order valence-electron chi connectivity index (χ1n) is 6.84. The van der Waals surface area contributed by atoms with Crippen molar-refractivity contribution in [2.45, 2.75) is 18.7 Å². The van der Waals surface area contributed by atoms with Gasteiger partial charge in [-0.2, -0.15) is 8.75 Å². The zero-order valence-electron chi connectivity index (χ0n) is 12.3. The Hall–Kier alpha value is -1.92. The van der Waals surface area contributed by atoms with E-state index in [4.69, 9.17) is 0 Å². The van der Waals surface area contributed by atoms with Crippen molar-refractivity contribution in [3.05, 3.63) is 47.5 Å². The molecule has 1 aromatic heterocycles. The van der Waals surface area contributed by atoms with Crippen LogP contribution in [0.5, 0.6) is 0 Å². The highest BCUT2D eigenvalue weighted by molar-refractivity contribution is 8.00. The number of hydrogen-bond acceptors (Lipinski definition) is 5. The highest BCUT2D eigenvalue weighted by Gasteiger charge is 2.09. The van der Waals surface area contributed by atoms with Gasteiger partial charge in [0.25, 0.3) is 0 Å². The van der Waals surface area contributed by atoms with Gasteiger partial charge in [-0.15, -0.1) is 11.8 Å². The second kappa shape index (κ2) is 6.46. The Morgan fingerprint density at radius 1 is 1.23 bits per heavy atom. The molecule has 0 aliphatic heterocycles. The monoisotopic (exact) mass is 329 g/mol. The van der Waals surface area contributed by atoms with E-state index in [9.17, 15) is 4.79 Å². The molecule has 3 aromatic rings. The minimum absolute atomic E-state index is 0.0357. The maximum absolute atomic E-state index is 12.2. The summed E-state index contributed by atoms with van der Waals surface area (Å²) < 4.78 is 8.40. The van der Waals surface area contributed by atoms with Crippen LogP contribution >= 0.6 is 23.5 Å². The molecular formula is C16H15N3OS2. The zero-order valence-corrected chi connectivity index (χ0v) is 13.9. The van der Waals surface area contributed by atoms with Gasteiger partial charge in [-0.1, -0.05) is 23.8 Å². The second-order valence-corrected chi connectivity index (χ2v) is 6.59. The number of nitrogens with zero attached hydrogens (tertiary/aromatic N) is 2. The van der Waals surface area contributed by atoms with Crippen LogP contribution in [0.3, 0.4) is 0 Å². The molecule has 0 spiro atoms. The molecule has 0 aliphatic carbocycles. The Morgan fingerprint density at radius 2 is 2.09 bits per heavy atom. The number of benzene rings is 2. The van der Waals surface area contributed by atoms with Crippen LogP contribution in [0.2, 0.25) is 0 Å². The molecule has 0 bridgehead atoms. The van der Waals surface area contributed by atoms with E-state index in [-0.39, 0.29) is 5.91 Å². The summed E-state index contributed by atoms with van der Waals surface area (Å²) in [7, 11) is 0. The molecule has 0 saturated heterocycles. The topological polar surface area (TPSA) is 54.9 Å². The number of nitrogens with one attached hydrogen (secondary N) is 1. The minimum Gasteiger partial charge on any atom is -0.323 e. The van der Waals surface area contributed by atoms with Crippen LogP contribution in [0.25, 0.3) is 11.0 Å². The molecule has 4 nitrogen and oxygen atoms in total. The van der Waals surface area contributed by atoms with Crippen molar-refractivity contribution in [2.75, 3.05) is 11.1 Å². The number of rotatable bonds is 4. The van der Waals surface area contributed by atoms with Crippen LogP contribution in [0.15, 0.2) is 41.3 Å². The zero-order chi connectivity index (χ0) is 15.5. The molecular weight excluding hydrogens is 314 g/mol. The molecule has 0 fully saturated rings. The SMILES string of the molecule is Cc1ccc(C)c(SCC(=O)Nc2cccc3nsnc23)c1. The van der Waals surface area contributed by atoms with Crippen LogP contribution in [0, 0.1) is 13.8 Å². The third-order valence-electron chi connectivity index (χ3n) is 3.26. The maximum atomic E-state index is 12.2. The van der Waals surface area contributed by atoms with Gasteiger partial charge in [-0.05, 0) is 37.6 Å². The summed E-state index contributed by atoms with van der Waals surface area (Å²) in [6.07, 6.45) is 0. The molecule has 2 aromatic carbocycles. The molecule has 22 heavy (non-hydrogen) atoms. The molecule has 6 heteroatoms. The summed E-state index contributed by atoms with van der Waals surface area (Å²) in [5, 5.41) is 2.92. The smallest absolute Gasteiger partial charge is 0.234 e. The second-order valence-electron chi connectivity index (χ2n) is 5.04. The van der Waals surface area contributed by atoms with E-state index in [0.29, 0.717) is 5.75 Å². The van der Waals surface area contributed by atoms with E-state index in [1.54, 1.807) is 11.8 Å². The average Bonchev–Trinajstić information content (AvgIpc) is 2.98. The number of hydrogen-bond donors (Lipinski definition) is 1. The highest BCUT2D eigenvalue weighted by Crippen LogP contribution is 2.25. The lowest BCUT2D eigenvalue weighted by atomic mass is 10.2. The standard InChI is InChI=1S/C16H15N3OS2/c1-10-6-7-11(2)14(8-10)21-9-15(20)17-12-4-3-5-13-16(12)19-22-18-13/h3-8H,9H2,1-2H3,(H,17,20). The van der Waals surface area contributed by atoms with Crippen LogP contribution in [-0.2, 0) is 4.79 Å². The van der Waals surface area contributed by atoms with Crippen molar-refractivity contribution in [1.29, 1.82) is 0 Å². The van der Waals surface area contributed by atoms with E-state index in [2.05, 4.69) is 46.1 Å². The number of anilines is 1. The van der Waals surface area contributed by atoms with Crippen LogP contribution in [0.4, 0.5) is 5.69 Å². The molecule has 0 saturated carbocycles. The number of thioether (sulfide) groups is 1. The van der Waals surface area contributed by atoms with Gasteiger partial charge in [0.15, 0.2) is 0 Å². The van der Waals surface area contributed by atoms with Gasteiger partial charge in [0.2, 0.25) is 5.91 Å². The van der Waals surface area contributed by atoms with Crippen molar-refractivity contribution >= 4 is 46.1 Å². The van der Waals surface area contributed by atoms with E-state index >= 15 is 0 Å². The molecule has 1 amide bonds. The van der Waals surface area contributed by atoms with Crippen molar-refractivity contribution in [2.24, 2.45) is 0 Å². The fourth-order valence-corrected chi connectivity index (χ4v) is 3.57. The summed E-state index contributed by atoms with van der Waals surface area (Å²) >= 11 is 2.70. The highest BCUT2D eigenvalue weighted by atomic mass is 32.2. The van der Waals surface area contributed by atoms with Gasteiger partial charge in [0.1, 0.15) is 11.0 Å². The summed E-state index contributed by atoms with van der Waals surface area (Å²) in [6, 6.07) is 11.9. The Bertz CT molecular complexity index is 829. The largest absolute Gasteiger partial charge is 0.323 e. The van der Waals surface area contributed by atoms with Crippen LogP contribution < -0.4 is 5.32 Å². The molecule has 0 unspecified atom stereocenters. The van der Waals surface area contributed by atoms with Crippen molar-refractivity contribution in [3.8, 4) is 0 Å². The van der Waals surface area contributed by atoms with Gasteiger partial charge < -0.3 is 5.32 Å². The molecule has 3 rings (SSSR count). The van der Waals surface area contributed by atoms with Crippen molar-refractivity contribution < 1.29 is 4.79 Å². The molecule has 0 radical (unpaired) electrons. The third kappa shape index (κ3) is 3.28. The van der Waals surface area contributed by atoms with Gasteiger partial charge in [-0.3, -0.25) is 4.79 Å². The van der Waals surface area contributed by atoms with Crippen LogP contribution in [-0.4, -0.2) is 20.4 Å². The average molecular weight is 329 g/mol. The molecule has 1 N–H and O–H groups in total. The first-order valence-corrected chi connectivity index (χ1v) is 8.56. The fourth-order valence-electron chi connectivity index (χ4n) is 2.10. The molecule has 0 atom stereocenters. The predicted molar refractivity (Wildman–Crippen MR) is 92.7 cm³/mol. The summed E-state index contributed by atoms with van der Waals surface area (Å²) in [5.41, 5.74) is 4.67. The lowest BCUT2D eigenvalue weighted by Crippen LogP contribution is -2.14. The fraction of sp³-hybridized carbons (Fsp3) is 0.188. The van der Waals surface area contributed by atoms with Gasteiger partial charge in [0.05, 0.1) is 23.2 Å². The first kappa shape index (κ1) is 15.0. The van der Waals surface area contributed by atoms with E-state index in [1.807, 2.05) is 18.2 Å². The van der Waals surface area contributed by atoms with E-state index < -0.39 is 0 Å². The molecule has 1 heterocycles. The predicted octanol–water partition coefficient (Wildman–Crippen LogP) is 4.04. The van der Waals surface area contributed by atoms with Crippen LogP contribution in [0.1, 0.15) is 11.1 Å².